The zero-order chi connectivity index (χ0) is 16.8. The summed E-state index contributed by atoms with van der Waals surface area (Å²) in [4.78, 5) is 11.9. The van der Waals surface area contributed by atoms with Crippen molar-refractivity contribution in [3.8, 4) is 0 Å². The highest BCUT2D eigenvalue weighted by Gasteiger charge is 2.35. The molecule has 22 heavy (non-hydrogen) atoms. The maximum absolute atomic E-state index is 11.9. The van der Waals surface area contributed by atoms with E-state index < -0.39 is 11.7 Å². The Bertz CT molecular complexity index is 345. The topological polar surface area (TPSA) is 67.8 Å². The Morgan fingerprint density at radius 2 is 2.09 bits per heavy atom. The van der Waals surface area contributed by atoms with Crippen LogP contribution in [0.4, 0.5) is 4.79 Å². The molecule has 2 atom stereocenters. The van der Waals surface area contributed by atoms with Crippen LogP contribution in [0.15, 0.2) is 0 Å². The van der Waals surface area contributed by atoms with Gasteiger partial charge >= 0.3 is 6.09 Å². The zero-order valence-electron chi connectivity index (χ0n) is 14.8. The van der Waals surface area contributed by atoms with Crippen molar-refractivity contribution in [2.24, 2.45) is 11.3 Å². The van der Waals surface area contributed by atoms with Gasteiger partial charge in [0.05, 0.1) is 12.7 Å². The largest absolute Gasteiger partial charge is 0.444 e. The standard InChI is InChI=1S/C17H33NO4/c1-13(2)17(12-19,9-8-14-7-6-10-21-14)11-18-15(20)22-16(3,4)5/h13-14,19H,6-12H2,1-5H3,(H,18,20). The van der Waals surface area contributed by atoms with E-state index in [2.05, 4.69) is 19.2 Å². The van der Waals surface area contributed by atoms with E-state index in [4.69, 9.17) is 9.47 Å². The number of carbonyl (C=O) groups is 1. The molecule has 1 aliphatic rings. The maximum atomic E-state index is 11.9. The Labute approximate surface area is 134 Å². The molecule has 130 valence electrons. The van der Waals surface area contributed by atoms with Gasteiger partial charge in [-0.1, -0.05) is 13.8 Å². The normalized spacial score (nSPS) is 21.7. The number of hydrogen-bond donors (Lipinski definition) is 2. The molecule has 0 aromatic heterocycles. The van der Waals surface area contributed by atoms with Crippen molar-refractivity contribution in [2.45, 2.75) is 72.0 Å². The molecule has 1 fully saturated rings. The number of alkyl carbamates (subject to hydrolysis) is 1. The summed E-state index contributed by atoms with van der Waals surface area (Å²) in [6.45, 7) is 11.0. The number of aliphatic hydroxyl groups excluding tert-OH is 1. The van der Waals surface area contributed by atoms with E-state index in [9.17, 15) is 9.90 Å². The van der Waals surface area contributed by atoms with E-state index in [1.165, 1.54) is 0 Å². The van der Waals surface area contributed by atoms with Crippen molar-refractivity contribution in [1.82, 2.24) is 5.32 Å². The molecule has 2 unspecified atom stereocenters. The predicted molar refractivity (Wildman–Crippen MR) is 86.8 cm³/mol. The van der Waals surface area contributed by atoms with Crippen LogP contribution in [0.3, 0.4) is 0 Å². The van der Waals surface area contributed by atoms with Crippen LogP contribution in [0.5, 0.6) is 0 Å². The summed E-state index contributed by atoms with van der Waals surface area (Å²) in [5.41, 5.74) is -0.843. The smallest absolute Gasteiger partial charge is 0.407 e. The Kier molecular flexibility index (Phi) is 7.13. The zero-order valence-corrected chi connectivity index (χ0v) is 14.8. The molecule has 1 rings (SSSR count). The predicted octanol–water partition coefficient (Wildman–Crippen LogP) is 3.11. The molecule has 5 heteroatoms. The van der Waals surface area contributed by atoms with Gasteiger partial charge < -0.3 is 19.9 Å². The molecule has 2 N–H and O–H groups in total. The quantitative estimate of drug-likeness (QED) is 0.757. The second-order valence-electron chi connectivity index (χ2n) is 7.70. The van der Waals surface area contributed by atoms with Crippen LogP contribution in [0, 0.1) is 11.3 Å². The lowest BCUT2D eigenvalue weighted by Gasteiger charge is -2.37. The summed E-state index contributed by atoms with van der Waals surface area (Å²) >= 11 is 0. The molecule has 1 heterocycles. The highest BCUT2D eigenvalue weighted by atomic mass is 16.6. The SMILES string of the molecule is CC(C)C(CO)(CCC1CCCO1)CNC(=O)OC(C)(C)C. The van der Waals surface area contributed by atoms with E-state index >= 15 is 0 Å². The third-order valence-electron chi connectivity index (χ3n) is 4.51. The van der Waals surface area contributed by atoms with Crippen LogP contribution in [-0.2, 0) is 9.47 Å². The minimum atomic E-state index is -0.512. The number of nitrogens with one attached hydrogen (secondary N) is 1. The van der Waals surface area contributed by atoms with E-state index in [1.807, 2.05) is 20.8 Å². The molecule has 0 aliphatic carbocycles. The van der Waals surface area contributed by atoms with Gasteiger partial charge in [-0.2, -0.15) is 0 Å². The minimum absolute atomic E-state index is 0.0488. The van der Waals surface area contributed by atoms with E-state index in [0.29, 0.717) is 12.6 Å². The summed E-state index contributed by atoms with van der Waals surface area (Å²) < 4.78 is 10.9. The van der Waals surface area contributed by atoms with Gasteiger partial charge in [0.25, 0.3) is 0 Å². The molecular formula is C17H33NO4. The summed E-state index contributed by atoms with van der Waals surface area (Å²) in [6.07, 6.45) is 3.85. The maximum Gasteiger partial charge on any atom is 0.407 e. The van der Waals surface area contributed by atoms with Crippen LogP contribution in [0.2, 0.25) is 0 Å². The summed E-state index contributed by atoms with van der Waals surface area (Å²) in [5, 5.41) is 12.8. The fraction of sp³-hybridized carbons (Fsp3) is 0.941. The van der Waals surface area contributed by atoms with E-state index in [1.54, 1.807) is 0 Å². The molecule has 0 saturated carbocycles. The van der Waals surface area contributed by atoms with Crippen molar-refractivity contribution in [1.29, 1.82) is 0 Å². The first-order valence-corrected chi connectivity index (χ1v) is 8.38. The molecule has 0 radical (unpaired) electrons. The third-order valence-corrected chi connectivity index (χ3v) is 4.51. The van der Waals surface area contributed by atoms with Crippen LogP contribution in [0.25, 0.3) is 0 Å². The van der Waals surface area contributed by atoms with Crippen LogP contribution in [0.1, 0.15) is 60.3 Å². The first-order chi connectivity index (χ1) is 10.2. The Hall–Kier alpha value is -0.810. The van der Waals surface area contributed by atoms with Gasteiger partial charge in [0, 0.05) is 18.6 Å². The van der Waals surface area contributed by atoms with Crippen molar-refractivity contribution in [3.63, 3.8) is 0 Å². The number of amides is 1. The van der Waals surface area contributed by atoms with Gasteiger partial charge in [-0.05, 0) is 52.4 Å². The number of rotatable bonds is 7. The molecule has 0 aromatic carbocycles. The number of carbonyl (C=O) groups excluding carboxylic acids is 1. The van der Waals surface area contributed by atoms with Crippen molar-refractivity contribution in [3.05, 3.63) is 0 Å². The Balaban J connectivity index is 2.56. The van der Waals surface area contributed by atoms with Gasteiger partial charge in [0.2, 0.25) is 0 Å². The monoisotopic (exact) mass is 315 g/mol. The van der Waals surface area contributed by atoms with Gasteiger partial charge in [-0.25, -0.2) is 4.79 Å². The summed E-state index contributed by atoms with van der Waals surface area (Å²) in [7, 11) is 0. The molecule has 1 saturated heterocycles. The van der Waals surface area contributed by atoms with Crippen LogP contribution >= 0.6 is 0 Å². The fourth-order valence-corrected chi connectivity index (χ4v) is 2.78. The van der Waals surface area contributed by atoms with Crippen molar-refractivity contribution >= 4 is 6.09 Å². The minimum Gasteiger partial charge on any atom is -0.444 e. The molecule has 1 aliphatic heterocycles. The van der Waals surface area contributed by atoms with Gasteiger partial charge in [-0.15, -0.1) is 0 Å². The lowest BCUT2D eigenvalue weighted by Crippen LogP contribution is -2.45. The highest BCUT2D eigenvalue weighted by Crippen LogP contribution is 2.34. The molecule has 0 aromatic rings. The lowest BCUT2D eigenvalue weighted by atomic mass is 9.73. The molecule has 1 amide bonds. The number of ether oxygens (including phenoxy) is 2. The molecule has 0 bridgehead atoms. The first-order valence-electron chi connectivity index (χ1n) is 8.38. The number of aliphatic hydroxyl groups is 1. The average molecular weight is 315 g/mol. The van der Waals surface area contributed by atoms with Gasteiger partial charge in [-0.3, -0.25) is 0 Å². The summed E-state index contributed by atoms with van der Waals surface area (Å²) in [5.74, 6) is 0.258. The second kappa shape index (κ2) is 8.16. The lowest BCUT2D eigenvalue weighted by molar-refractivity contribution is 0.0258. The van der Waals surface area contributed by atoms with Gasteiger partial charge in [0.15, 0.2) is 0 Å². The molecule has 5 nitrogen and oxygen atoms in total. The fourth-order valence-electron chi connectivity index (χ4n) is 2.78. The molecule has 0 spiro atoms. The van der Waals surface area contributed by atoms with E-state index in [0.717, 1.165) is 32.3 Å². The van der Waals surface area contributed by atoms with Crippen LogP contribution in [-0.4, -0.2) is 42.7 Å². The van der Waals surface area contributed by atoms with Crippen LogP contribution < -0.4 is 5.32 Å². The third kappa shape index (κ3) is 6.13. The van der Waals surface area contributed by atoms with Crippen molar-refractivity contribution in [2.75, 3.05) is 19.8 Å². The average Bonchev–Trinajstić information content (AvgIpc) is 2.90. The summed E-state index contributed by atoms with van der Waals surface area (Å²) in [6, 6.07) is 0. The first kappa shape index (κ1) is 19.2. The Morgan fingerprint density at radius 1 is 1.41 bits per heavy atom. The second-order valence-corrected chi connectivity index (χ2v) is 7.70. The van der Waals surface area contributed by atoms with Crippen molar-refractivity contribution < 1.29 is 19.4 Å². The Morgan fingerprint density at radius 3 is 2.55 bits per heavy atom. The number of hydrogen-bond acceptors (Lipinski definition) is 4. The van der Waals surface area contributed by atoms with E-state index in [-0.39, 0.29) is 17.9 Å². The highest BCUT2D eigenvalue weighted by molar-refractivity contribution is 5.67. The van der Waals surface area contributed by atoms with Gasteiger partial charge in [0.1, 0.15) is 5.60 Å². The molecular weight excluding hydrogens is 282 g/mol.